The quantitative estimate of drug-likeness (QED) is 0.939. The van der Waals surface area contributed by atoms with Crippen molar-refractivity contribution in [1.29, 1.82) is 0 Å². The first-order valence-corrected chi connectivity index (χ1v) is 8.94. The summed E-state index contributed by atoms with van der Waals surface area (Å²) in [5.41, 5.74) is 2.53. The lowest BCUT2D eigenvalue weighted by Crippen LogP contribution is -2.33. The maximum absolute atomic E-state index is 11.9. The van der Waals surface area contributed by atoms with Gasteiger partial charge in [0.15, 0.2) is 0 Å². The van der Waals surface area contributed by atoms with Crippen LogP contribution in [-0.4, -0.2) is 25.8 Å². The third kappa shape index (κ3) is 3.05. The van der Waals surface area contributed by atoms with Crippen LogP contribution in [0.5, 0.6) is 0 Å². The van der Waals surface area contributed by atoms with Gasteiger partial charge in [-0.15, -0.1) is 0 Å². The SMILES string of the molecule is O=c1cccnn1C1CCC(Nc2ncnc3c2CCCC3)CC1. The van der Waals surface area contributed by atoms with E-state index in [2.05, 4.69) is 20.4 Å². The van der Waals surface area contributed by atoms with Crippen LogP contribution in [0, 0.1) is 0 Å². The summed E-state index contributed by atoms with van der Waals surface area (Å²) in [6.07, 6.45) is 12.0. The van der Waals surface area contributed by atoms with E-state index in [-0.39, 0.29) is 11.6 Å². The van der Waals surface area contributed by atoms with E-state index in [1.165, 1.54) is 24.1 Å². The lowest BCUT2D eigenvalue weighted by molar-refractivity contribution is 0.303. The number of nitrogens with zero attached hydrogens (tertiary/aromatic N) is 4. The average Bonchev–Trinajstić information content (AvgIpc) is 2.63. The second kappa shape index (κ2) is 6.71. The van der Waals surface area contributed by atoms with Crippen molar-refractivity contribution in [2.75, 3.05) is 5.32 Å². The summed E-state index contributed by atoms with van der Waals surface area (Å²) in [6, 6.07) is 3.92. The minimum Gasteiger partial charge on any atom is -0.367 e. The van der Waals surface area contributed by atoms with Crippen molar-refractivity contribution in [3.05, 3.63) is 46.3 Å². The summed E-state index contributed by atoms with van der Waals surface area (Å²) in [5.74, 6) is 1.03. The Morgan fingerprint density at radius 3 is 2.75 bits per heavy atom. The van der Waals surface area contributed by atoms with Gasteiger partial charge in [-0.3, -0.25) is 4.79 Å². The summed E-state index contributed by atoms with van der Waals surface area (Å²) < 4.78 is 1.64. The monoisotopic (exact) mass is 325 g/mol. The molecule has 126 valence electrons. The fourth-order valence-corrected chi connectivity index (χ4v) is 3.95. The molecule has 2 heterocycles. The van der Waals surface area contributed by atoms with Gasteiger partial charge in [-0.05, 0) is 57.4 Å². The van der Waals surface area contributed by atoms with Crippen LogP contribution in [0.15, 0.2) is 29.5 Å². The highest BCUT2D eigenvalue weighted by molar-refractivity contribution is 5.47. The first-order valence-electron chi connectivity index (χ1n) is 8.94. The molecule has 0 bridgehead atoms. The van der Waals surface area contributed by atoms with Crippen molar-refractivity contribution in [3.8, 4) is 0 Å². The summed E-state index contributed by atoms with van der Waals surface area (Å²) in [7, 11) is 0. The zero-order valence-electron chi connectivity index (χ0n) is 13.8. The van der Waals surface area contributed by atoms with Gasteiger partial charge in [-0.25, -0.2) is 14.6 Å². The molecule has 0 amide bonds. The number of nitrogens with one attached hydrogen (secondary N) is 1. The highest BCUT2D eigenvalue weighted by atomic mass is 16.1. The molecule has 2 aromatic heterocycles. The normalized spacial score (nSPS) is 23.5. The minimum atomic E-state index is -0.00113. The Labute approximate surface area is 141 Å². The molecule has 1 saturated carbocycles. The van der Waals surface area contributed by atoms with E-state index >= 15 is 0 Å². The molecule has 0 aliphatic heterocycles. The largest absolute Gasteiger partial charge is 0.367 e. The Balaban J connectivity index is 1.42. The molecular formula is C18H23N5O. The Morgan fingerprint density at radius 2 is 1.92 bits per heavy atom. The highest BCUT2D eigenvalue weighted by Crippen LogP contribution is 2.30. The van der Waals surface area contributed by atoms with Gasteiger partial charge in [0, 0.05) is 29.6 Å². The van der Waals surface area contributed by atoms with Crippen LogP contribution in [0.1, 0.15) is 55.8 Å². The molecule has 0 aromatic carbocycles. The van der Waals surface area contributed by atoms with E-state index in [9.17, 15) is 4.79 Å². The van der Waals surface area contributed by atoms with Gasteiger partial charge >= 0.3 is 0 Å². The number of hydrogen-bond acceptors (Lipinski definition) is 5. The minimum absolute atomic E-state index is 0.00113. The molecule has 2 aromatic rings. The van der Waals surface area contributed by atoms with Crippen molar-refractivity contribution in [1.82, 2.24) is 19.7 Å². The Hall–Kier alpha value is -2.24. The first-order chi connectivity index (χ1) is 11.8. The summed E-state index contributed by atoms with van der Waals surface area (Å²) in [5, 5.41) is 7.87. The predicted molar refractivity (Wildman–Crippen MR) is 92.1 cm³/mol. The van der Waals surface area contributed by atoms with E-state index < -0.39 is 0 Å². The molecule has 24 heavy (non-hydrogen) atoms. The molecule has 2 aliphatic rings. The van der Waals surface area contributed by atoms with Crippen LogP contribution in [0.2, 0.25) is 0 Å². The molecule has 6 heteroatoms. The van der Waals surface area contributed by atoms with Crippen LogP contribution >= 0.6 is 0 Å². The highest BCUT2D eigenvalue weighted by Gasteiger charge is 2.25. The number of fused-ring (bicyclic) bond motifs is 1. The summed E-state index contributed by atoms with van der Waals surface area (Å²) >= 11 is 0. The number of hydrogen-bond donors (Lipinski definition) is 1. The molecule has 0 atom stereocenters. The van der Waals surface area contributed by atoms with Gasteiger partial charge < -0.3 is 5.32 Å². The fourth-order valence-electron chi connectivity index (χ4n) is 3.95. The Morgan fingerprint density at radius 1 is 1.08 bits per heavy atom. The number of aromatic nitrogens is 4. The standard InChI is InChI=1S/C18H23N5O/c24-17-6-3-11-21-23(17)14-9-7-13(8-10-14)22-18-15-4-1-2-5-16(15)19-12-20-18/h3,6,11-14H,1-2,4-5,7-10H2,(H,19,20,22). The van der Waals surface area contributed by atoms with E-state index in [4.69, 9.17) is 0 Å². The smallest absolute Gasteiger partial charge is 0.266 e. The van der Waals surface area contributed by atoms with Crippen molar-refractivity contribution in [2.24, 2.45) is 0 Å². The molecule has 6 nitrogen and oxygen atoms in total. The number of anilines is 1. The molecule has 0 saturated heterocycles. The topological polar surface area (TPSA) is 72.7 Å². The predicted octanol–water partition coefficient (Wildman–Crippen LogP) is 2.51. The van der Waals surface area contributed by atoms with Crippen molar-refractivity contribution >= 4 is 5.82 Å². The second-order valence-corrected chi connectivity index (χ2v) is 6.81. The number of rotatable bonds is 3. The third-order valence-electron chi connectivity index (χ3n) is 5.25. The first kappa shape index (κ1) is 15.3. The molecule has 0 spiro atoms. The molecule has 0 radical (unpaired) electrons. The van der Waals surface area contributed by atoms with Crippen LogP contribution < -0.4 is 10.9 Å². The van der Waals surface area contributed by atoms with Gasteiger partial charge in [0.1, 0.15) is 12.1 Å². The zero-order valence-corrected chi connectivity index (χ0v) is 13.8. The van der Waals surface area contributed by atoms with Crippen molar-refractivity contribution in [2.45, 2.75) is 63.5 Å². The molecule has 1 fully saturated rings. The summed E-state index contributed by atoms with van der Waals surface area (Å²) in [6.45, 7) is 0. The molecule has 0 unspecified atom stereocenters. The van der Waals surface area contributed by atoms with Gasteiger partial charge in [-0.2, -0.15) is 5.10 Å². The van der Waals surface area contributed by atoms with Crippen molar-refractivity contribution < 1.29 is 0 Å². The van der Waals surface area contributed by atoms with Crippen LogP contribution in [-0.2, 0) is 12.8 Å². The van der Waals surface area contributed by atoms with Crippen molar-refractivity contribution in [3.63, 3.8) is 0 Å². The second-order valence-electron chi connectivity index (χ2n) is 6.81. The van der Waals surface area contributed by atoms with E-state index in [0.717, 1.165) is 44.3 Å². The third-order valence-corrected chi connectivity index (χ3v) is 5.25. The van der Waals surface area contributed by atoms with E-state index in [1.807, 2.05) is 0 Å². The fraction of sp³-hybridized carbons (Fsp3) is 0.556. The maximum atomic E-state index is 11.9. The average molecular weight is 325 g/mol. The van der Waals surface area contributed by atoms with Gasteiger partial charge in [-0.1, -0.05) is 0 Å². The van der Waals surface area contributed by atoms with Crippen LogP contribution in [0.3, 0.4) is 0 Å². The lowest BCUT2D eigenvalue weighted by Gasteiger charge is -2.30. The van der Waals surface area contributed by atoms with Gasteiger partial charge in [0.25, 0.3) is 5.56 Å². The maximum Gasteiger partial charge on any atom is 0.266 e. The van der Waals surface area contributed by atoms with Gasteiger partial charge in [0.05, 0.1) is 6.04 Å². The Kier molecular flexibility index (Phi) is 4.28. The number of aryl methyl sites for hydroxylation is 1. The summed E-state index contributed by atoms with van der Waals surface area (Å²) in [4.78, 5) is 20.8. The Bertz CT molecular complexity index is 764. The molecule has 4 rings (SSSR count). The lowest BCUT2D eigenvalue weighted by atomic mass is 9.90. The molecular weight excluding hydrogens is 302 g/mol. The van der Waals surface area contributed by atoms with Crippen LogP contribution in [0.25, 0.3) is 0 Å². The molecule has 1 N–H and O–H groups in total. The van der Waals surface area contributed by atoms with E-state index in [0.29, 0.717) is 6.04 Å². The van der Waals surface area contributed by atoms with Gasteiger partial charge in [0.2, 0.25) is 0 Å². The van der Waals surface area contributed by atoms with E-state index in [1.54, 1.807) is 29.3 Å². The van der Waals surface area contributed by atoms with Crippen LogP contribution in [0.4, 0.5) is 5.82 Å². The molecule has 2 aliphatic carbocycles. The zero-order chi connectivity index (χ0) is 16.4.